The van der Waals surface area contributed by atoms with Crippen LogP contribution in [0.2, 0.25) is 0 Å². The van der Waals surface area contributed by atoms with E-state index in [4.69, 9.17) is 0 Å². The first kappa shape index (κ1) is 14.2. The quantitative estimate of drug-likeness (QED) is 0.721. The third-order valence-corrected chi connectivity index (χ3v) is 3.53. The van der Waals surface area contributed by atoms with Crippen molar-refractivity contribution in [2.75, 3.05) is 26.2 Å². The molecule has 4 heteroatoms. The molecule has 1 aromatic heterocycles. The molecule has 1 heterocycles. The summed E-state index contributed by atoms with van der Waals surface area (Å²) >= 11 is 1.73. The van der Waals surface area contributed by atoms with Gasteiger partial charge in [-0.05, 0) is 49.2 Å². The maximum Gasteiger partial charge on any atom is 0.223 e. The van der Waals surface area contributed by atoms with Gasteiger partial charge in [-0.25, -0.2) is 0 Å². The van der Waals surface area contributed by atoms with E-state index in [1.54, 1.807) is 11.3 Å². The molecule has 0 aliphatic heterocycles. The molecule has 0 radical (unpaired) electrons. The van der Waals surface area contributed by atoms with Crippen LogP contribution in [0.3, 0.4) is 0 Å². The van der Waals surface area contributed by atoms with Crippen LogP contribution in [0.25, 0.3) is 0 Å². The predicted octanol–water partition coefficient (Wildman–Crippen LogP) is 2.14. The minimum Gasteiger partial charge on any atom is -0.343 e. The lowest BCUT2D eigenvalue weighted by molar-refractivity contribution is -0.130. The molecule has 0 saturated carbocycles. The second kappa shape index (κ2) is 8.25. The Bertz CT molecular complexity index is 307. The van der Waals surface area contributed by atoms with Crippen LogP contribution in [0.5, 0.6) is 0 Å². The van der Waals surface area contributed by atoms with Gasteiger partial charge < -0.3 is 10.2 Å². The Morgan fingerprint density at radius 3 is 2.71 bits per heavy atom. The molecule has 0 unspecified atom stereocenters. The van der Waals surface area contributed by atoms with Gasteiger partial charge in [-0.3, -0.25) is 4.79 Å². The molecule has 1 aromatic rings. The van der Waals surface area contributed by atoms with Crippen molar-refractivity contribution < 1.29 is 4.79 Å². The highest BCUT2D eigenvalue weighted by Gasteiger charge is 2.07. The molecule has 0 bridgehead atoms. The first-order valence-corrected chi connectivity index (χ1v) is 7.21. The number of hydrogen-bond acceptors (Lipinski definition) is 3. The Morgan fingerprint density at radius 1 is 1.35 bits per heavy atom. The summed E-state index contributed by atoms with van der Waals surface area (Å²) in [7, 11) is 0. The van der Waals surface area contributed by atoms with Gasteiger partial charge in [-0.2, -0.15) is 11.3 Å². The van der Waals surface area contributed by atoms with Gasteiger partial charge in [0.1, 0.15) is 0 Å². The summed E-state index contributed by atoms with van der Waals surface area (Å²) < 4.78 is 0. The number of carbonyl (C=O) groups excluding carboxylic acids is 1. The van der Waals surface area contributed by atoms with E-state index in [1.807, 2.05) is 18.7 Å². The lowest BCUT2D eigenvalue weighted by atomic mass is 10.2. The van der Waals surface area contributed by atoms with Crippen LogP contribution < -0.4 is 5.32 Å². The minimum atomic E-state index is 0.248. The predicted molar refractivity (Wildman–Crippen MR) is 73.4 cm³/mol. The van der Waals surface area contributed by atoms with E-state index < -0.39 is 0 Å². The van der Waals surface area contributed by atoms with Crippen molar-refractivity contribution >= 4 is 17.2 Å². The van der Waals surface area contributed by atoms with Gasteiger partial charge in [-0.1, -0.05) is 0 Å². The zero-order valence-corrected chi connectivity index (χ0v) is 11.6. The lowest BCUT2D eigenvalue weighted by Crippen LogP contribution is -2.33. The molecule has 0 saturated heterocycles. The van der Waals surface area contributed by atoms with Crippen LogP contribution in [-0.2, 0) is 11.2 Å². The number of rotatable bonds is 8. The van der Waals surface area contributed by atoms with E-state index in [9.17, 15) is 4.79 Å². The van der Waals surface area contributed by atoms with E-state index in [2.05, 4.69) is 22.1 Å². The molecule has 0 spiro atoms. The maximum atomic E-state index is 11.7. The lowest BCUT2D eigenvalue weighted by Gasteiger charge is -2.18. The Balaban J connectivity index is 2.05. The third kappa shape index (κ3) is 5.33. The van der Waals surface area contributed by atoms with Crippen molar-refractivity contribution in [1.82, 2.24) is 10.2 Å². The van der Waals surface area contributed by atoms with Crippen molar-refractivity contribution in [2.24, 2.45) is 0 Å². The van der Waals surface area contributed by atoms with E-state index in [-0.39, 0.29) is 5.91 Å². The number of carbonyl (C=O) groups is 1. The molecular formula is C13H22N2OS. The summed E-state index contributed by atoms with van der Waals surface area (Å²) in [5.41, 5.74) is 1.37. The second-order valence-corrected chi connectivity index (χ2v) is 4.73. The Morgan fingerprint density at radius 2 is 2.12 bits per heavy atom. The van der Waals surface area contributed by atoms with Crippen LogP contribution in [0.15, 0.2) is 16.8 Å². The number of nitrogens with one attached hydrogen (secondary N) is 1. The Hall–Kier alpha value is -0.870. The van der Waals surface area contributed by atoms with E-state index in [1.165, 1.54) is 5.56 Å². The fourth-order valence-electron chi connectivity index (χ4n) is 1.72. The van der Waals surface area contributed by atoms with Crippen molar-refractivity contribution in [2.45, 2.75) is 26.7 Å². The zero-order valence-electron chi connectivity index (χ0n) is 10.7. The van der Waals surface area contributed by atoms with Gasteiger partial charge >= 0.3 is 0 Å². The van der Waals surface area contributed by atoms with Gasteiger partial charge in [0, 0.05) is 26.1 Å². The van der Waals surface area contributed by atoms with Crippen molar-refractivity contribution in [3.63, 3.8) is 0 Å². The average Bonchev–Trinajstić information content (AvgIpc) is 2.83. The second-order valence-electron chi connectivity index (χ2n) is 3.95. The first-order chi connectivity index (χ1) is 8.27. The molecule has 0 aliphatic carbocycles. The van der Waals surface area contributed by atoms with Crippen LogP contribution in [-0.4, -0.2) is 37.0 Å². The topological polar surface area (TPSA) is 32.3 Å². The normalized spacial score (nSPS) is 10.5. The molecule has 96 valence electrons. The molecule has 1 N–H and O–H groups in total. The number of nitrogens with zero attached hydrogens (tertiary/aromatic N) is 1. The van der Waals surface area contributed by atoms with E-state index in [0.717, 1.165) is 32.6 Å². The number of amides is 1. The van der Waals surface area contributed by atoms with Crippen LogP contribution >= 0.6 is 11.3 Å². The molecule has 0 fully saturated rings. The maximum absolute atomic E-state index is 11.7. The molecule has 3 nitrogen and oxygen atoms in total. The van der Waals surface area contributed by atoms with Gasteiger partial charge in [0.2, 0.25) is 5.91 Å². The van der Waals surface area contributed by atoms with Crippen molar-refractivity contribution in [1.29, 1.82) is 0 Å². The van der Waals surface area contributed by atoms with E-state index in [0.29, 0.717) is 6.42 Å². The van der Waals surface area contributed by atoms with Gasteiger partial charge in [0.05, 0.1) is 0 Å². The van der Waals surface area contributed by atoms with Crippen LogP contribution in [0.1, 0.15) is 25.8 Å². The highest BCUT2D eigenvalue weighted by atomic mass is 32.1. The average molecular weight is 254 g/mol. The Labute approximate surface area is 108 Å². The largest absolute Gasteiger partial charge is 0.343 e. The minimum absolute atomic E-state index is 0.248. The molecular weight excluding hydrogens is 232 g/mol. The van der Waals surface area contributed by atoms with Crippen LogP contribution in [0, 0.1) is 0 Å². The molecule has 0 atom stereocenters. The summed E-state index contributed by atoms with van der Waals surface area (Å²) in [4.78, 5) is 13.6. The molecule has 17 heavy (non-hydrogen) atoms. The smallest absolute Gasteiger partial charge is 0.223 e. The monoisotopic (exact) mass is 254 g/mol. The summed E-state index contributed by atoms with van der Waals surface area (Å²) in [5.74, 6) is 0.248. The SMILES string of the molecule is CCN(CC)C(=O)CCNCCc1ccsc1. The standard InChI is InChI=1S/C13H22N2OS/c1-3-15(4-2)13(16)6-9-14-8-5-12-7-10-17-11-12/h7,10-11,14H,3-6,8-9H2,1-2H3. The fraction of sp³-hybridized carbons (Fsp3) is 0.615. The van der Waals surface area contributed by atoms with Gasteiger partial charge in [-0.15, -0.1) is 0 Å². The van der Waals surface area contributed by atoms with Crippen LogP contribution in [0.4, 0.5) is 0 Å². The summed E-state index contributed by atoms with van der Waals surface area (Å²) in [6.07, 6.45) is 1.65. The summed E-state index contributed by atoms with van der Waals surface area (Å²) in [6.45, 7) is 7.38. The molecule has 1 amide bonds. The molecule has 0 aromatic carbocycles. The highest BCUT2D eigenvalue weighted by Crippen LogP contribution is 2.05. The fourth-order valence-corrected chi connectivity index (χ4v) is 2.43. The number of hydrogen-bond donors (Lipinski definition) is 1. The molecule has 0 aliphatic rings. The Kier molecular flexibility index (Phi) is 6.89. The van der Waals surface area contributed by atoms with Gasteiger partial charge in [0.15, 0.2) is 0 Å². The summed E-state index contributed by atoms with van der Waals surface area (Å²) in [6, 6.07) is 2.15. The third-order valence-electron chi connectivity index (χ3n) is 2.80. The number of thiophene rings is 1. The summed E-state index contributed by atoms with van der Waals surface area (Å²) in [5, 5.41) is 7.58. The highest BCUT2D eigenvalue weighted by molar-refractivity contribution is 7.07. The van der Waals surface area contributed by atoms with Crippen molar-refractivity contribution in [3.05, 3.63) is 22.4 Å². The first-order valence-electron chi connectivity index (χ1n) is 6.27. The van der Waals surface area contributed by atoms with Gasteiger partial charge in [0.25, 0.3) is 0 Å². The molecule has 1 rings (SSSR count). The van der Waals surface area contributed by atoms with Crippen molar-refractivity contribution in [3.8, 4) is 0 Å². The zero-order chi connectivity index (χ0) is 12.5. The van der Waals surface area contributed by atoms with E-state index >= 15 is 0 Å².